The summed E-state index contributed by atoms with van der Waals surface area (Å²) in [6.45, 7) is 4.27. The summed E-state index contributed by atoms with van der Waals surface area (Å²) in [5.41, 5.74) is 3.56. The molecule has 0 saturated carbocycles. The SMILES string of the molecule is CC(C)CC(O)Cc1ncnc2c1CCC2. The van der Waals surface area contributed by atoms with Crippen LogP contribution in [0.5, 0.6) is 0 Å². The quantitative estimate of drug-likeness (QED) is 0.843. The Kier molecular flexibility index (Phi) is 3.54. The van der Waals surface area contributed by atoms with Gasteiger partial charge in [0.15, 0.2) is 0 Å². The smallest absolute Gasteiger partial charge is 0.115 e. The minimum absolute atomic E-state index is 0.264. The summed E-state index contributed by atoms with van der Waals surface area (Å²) in [5.74, 6) is 0.532. The molecule has 0 radical (unpaired) electrons. The van der Waals surface area contributed by atoms with E-state index in [1.54, 1.807) is 6.33 Å². The zero-order valence-corrected chi connectivity index (χ0v) is 10.1. The monoisotopic (exact) mass is 220 g/mol. The molecule has 2 rings (SSSR count). The van der Waals surface area contributed by atoms with Gasteiger partial charge >= 0.3 is 0 Å². The van der Waals surface area contributed by atoms with Gasteiger partial charge in [-0.1, -0.05) is 13.8 Å². The van der Waals surface area contributed by atoms with Crippen molar-refractivity contribution < 1.29 is 5.11 Å². The topological polar surface area (TPSA) is 46.0 Å². The number of aliphatic hydroxyl groups excluding tert-OH is 1. The number of hydrogen-bond donors (Lipinski definition) is 1. The van der Waals surface area contributed by atoms with Gasteiger partial charge in [-0.15, -0.1) is 0 Å². The molecule has 0 bridgehead atoms. The van der Waals surface area contributed by atoms with E-state index in [0.29, 0.717) is 12.3 Å². The highest BCUT2D eigenvalue weighted by Crippen LogP contribution is 2.23. The van der Waals surface area contributed by atoms with Crippen molar-refractivity contribution in [3.05, 3.63) is 23.3 Å². The van der Waals surface area contributed by atoms with Gasteiger partial charge in [0.05, 0.1) is 6.10 Å². The van der Waals surface area contributed by atoms with Gasteiger partial charge in [0.25, 0.3) is 0 Å². The molecule has 3 heteroatoms. The maximum absolute atomic E-state index is 9.94. The molecule has 1 aromatic rings. The van der Waals surface area contributed by atoms with Gasteiger partial charge < -0.3 is 5.11 Å². The van der Waals surface area contributed by atoms with Gasteiger partial charge in [0, 0.05) is 17.8 Å². The lowest BCUT2D eigenvalue weighted by molar-refractivity contribution is 0.147. The molecule has 0 fully saturated rings. The molecule has 1 N–H and O–H groups in total. The Morgan fingerprint density at radius 2 is 2.12 bits per heavy atom. The predicted octanol–water partition coefficient (Wildman–Crippen LogP) is 1.91. The molecule has 0 amide bonds. The van der Waals surface area contributed by atoms with E-state index in [9.17, 15) is 5.11 Å². The summed E-state index contributed by atoms with van der Waals surface area (Å²) in [6, 6.07) is 0. The lowest BCUT2D eigenvalue weighted by Crippen LogP contribution is -2.16. The zero-order valence-electron chi connectivity index (χ0n) is 10.1. The van der Waals surface area contributed by atoms with Crippen LogP contribution in [0.2, 0.25) is 0 Å². The predicted molar refractivity (Wildman–Crippen MR) is 63.2 cm³/mol. The third-order valence-corrected chi connectivity index (χ3v) is 3.14. The molecule has 0 aliphatic heterocycles. The Bertz CT molecular complexity index is 363. The van der Waals surface area contributed by atoms with Crippen LogP contribution in [0, 0.1) is 5.92 Å². The fourth-order valence-electron chi connectivity index (χ4n) is 2.45. The molecule has 1 unspecified atom stereocenters. The second-order valence-electron chi connectivity index (χ2n) is 5.09. The Balaban J connectivity index is 2.07. The molecule has 1 atom stereocenters. The van der Waals surface area contributed by atoms with Crippen molar-refractivity contribution in [2.75, 3.05) is 0 Å². The van der Waals surface area contributed by atoms with Crippen molar-refractivity contribution in [2.24, 2.45) is 5.92 Å². The van der Waals surface area contributed by atoms with Crippen molar-refractivity contribution in [1.29, 1.82) is 0 Å². The lowest BCUT2D eigenvalue weighted by atomic mass is 10.00. The average molecular weight is 220 g/mol. The summed E-state index contributed by atoms with van der Waals surface area (Å²) >= 11 is 0. The standard InChI is InChI=1S/C13H20N2O/c1-9(2)6-10(16)7-13-11-4-3-5-12(11)14-8-15-13/h8-10,16H,3-7H2,1-2H3. The van der Waals surface area contributed by atoms with Gasteiger partial charge in [0.2, 0.25) is 0 Å². The third kappa shape index (κ3) is 2.59. The molecule has 1 aliphatic carbocycles. The van der Waals surface area contributed by atoms with Crippen LogP contribution in [-0.4, -0.2) is 21.2 Å². The Morgan fingerprint density at radius 3 is 2.88 bits per heavy atom. The maximum Gasteiger partial charge on any atom is 0.115 e. The van der Waals surface area contributed by atoms with Crippen LogP contribution in [0.25, 0.3) is 0 Å². The minimum atomic E-state index is -0.264. The van der Waals surface area contributed by atoms with E-state index in [-0.39, 0.29) is 6.10 Å². The first-order valence-electron chi connectivity index (χ1n) is 6.16. The summed E-state index contributed by atoms with van der Waals surface area (Å²) in [5, 5.41) is 9.94. The van der Waals surface area contributed by atoms with E-state index in [4.69, 9.17) is 0 Å². The van der Waals surface area contributed by atoms with Gasteiger partial charge in [0.1, 0.15) is 6.33 Å². The fraction of sp³-hybridized carbons (Fsp3) is 0.692. The normalized spacial score (nSPS) is 16.5. The van der Waals surface area contributed by atoms with Gasteiger partial charge in [-0.3, -0.25) is 0 Å². The molecule has 3 nitrogen and oxygen atoms in total. The van der Waals surface area contributed by atoms with Crippen molar-refractivity contribution in [2.45, 2.75) is 52.1 Å². The summed E-state index contributed by atoms with van der Waals surface area (Å²) in [6.07, 6.45) is 6.25. The first-order chi connectivity index (χ1) is 7.66. The highest BCUT2D eigenvalue weighted by atomic mass is 16.3. The number of aryl methyl sites for hydroxylation is 1. The number of aliphatic hydroxyl groups is 1. The van der Waals surface area contributed by atoms with E-state index in [1.807, 2.05) is 0 Å². The van der Waals surface area contributed by atoms with E-state index in [1.165, 1.54) is 17.7 Å². The molecular formula is C13H20N2O. The van der Waals surface area contributed by atoms with Crippen molar-refractivity contribution in [3.8, 4) is 0 Å². The highest BCUT2D eigenvalue weighted by molar-refractivity contribution is 5.29. The van der Waals surface area contributed by atoms with E-state index in [0.717, 1.165) is 25.0 Å². The number of rotatable bonds is 4. The van der Waals surface area contributed by atoms with Gasteiger partial charge in [-0.25, -0.2) is 9.97 Å². The summed E-state index contributed by atoms with van der Waals surface area (Å²) in [7, 11) is 0. The molecule has 1 heterocycles. The fourth-order valence-corrected chi connectivity index (χ4v) is 2.45. The van der Waals surface area contributed by atoms with Crippen LogP contribution < -0.4 is 0 Å². The average Bonchev–Trinajstić information content (AvgIpc) is 2.65. The van der Waals surface area contributed by atoms with Crippen LogP contribution in [0.4, 0.5) is 0 Å². The molecule has 0 saturated heterocycles. The van der Waals surface area contributed by atoms with Crippen LogP contribution in [0.3, 0.4) is 0 Å². The Morgan fingerprint density at radius 1 is 1.31 bits per heavy atom. The molecule has 0 aromatic carbocycles. The summed E-state index contributed by atoms with van der Waals surface area (Å²) in [4.78, 5) is 8.62. The van der Waals surface area contributed by atoms with Crippen molar-refractivity contribution in [1.82, 2.24) is 9.97 Å². The lowest BCUT2D eigenvalue weighted by Gasteiger charge is -2.14. The molecule has 1 aliphatic rings. The molecule has 0 spiro atoms. The van der Waals surface area contributed by atoms with Crippen molar-refractivity contribution >= 4 is 0 Å². The Labute approximate surface area is 96.9 Å². The minimum Gasteiger partial charge on any atom is -0.393 e. The first-order valence-corrected chi connectivity index (χ1v) is 6.16. The highest BCUT2D eigenvalue weighted by Gasteiger charge is 2.19. The molecule has 88 valence electrons. The molecular weight excluding hydrogens is 200 g/mol. The van der Waals surface area contributed by atoms with E-state index in [2.05, 4.69) is 23.8 Å². The van der Waals surface area contributed by atoms with Crippen molar-refractivity contribution in [3.63, 3.8) is 0 Å². The van der Waals surface area contributed by atoms with Crippen LogP contribution in [0.15, 0.2) is 6.33 Å². The first kappa shape index (κ1) is 11.5. The Hall–Kier alpha value is -0.960. The van der Waals surface area contributed by atoms with Crippen LogP contribution >= 0.6 is 0 Å². The van der Waals surface area contributed by atoms with E-state index >= 15 is 0 Å². The molecule has 1 aromatic heterocycles. The number of nitrogens with zero attached hydrogens (tertiary/aromatic N) is 2. The number of aromatic nitrogens is 2. The number of hydrogen-bond acceptors (Lipinski definition) is 3. The van der Waals surface area contributed by atoms with Gasteiger partial charge in [-0.2, -0.15) is 0 Å². The second-order valence-corrected chi connectivity index (χ2v) is 5.09. The maximum atomic E-state index is 9.94. The van der Waals surface area contributed by atoms with E-state index < -0.39 is 0 Å². The molecule has 16 heavy (non-hydrogen) atoms. The van der Waals surface area contributed by atoms with Crippen LogP contribution in [0.1, 0.15) is 43.6 Å². The van der Waals surface area contributed by atoms with Crippen LogP contribution in [-0.2, 0) is 19.3 Å². The second kappa shape index (κ2) is 4.91. The zero-order chi connectivity index (χ0) is 11.5. The number of fused-ring (bicyclic) bond motifs is 1. The summed E-state index contributed by atoms with van der Waals surface area (Å²) < 4.78 is 0. The third-order valence-electron chi connectivity index (χ3n) is 3.14. The van der Waals surface area contributed by atoms with Gasteiger partial charge in [-0.05, 0) is 37.2 Å². The largest absolute Gasteiger partial charge is 0.393 e.